The molecule has 3 saturated heterocycles. The van der Waals surface area contributed by atoms with Gasteiger partial charge >= 0.3 is 0 Å². The molecule has 5 rings (SSSR count). The lowest BCUT2D eigenvalue weighted by atomic mass is 9.75. The number of nitrogens with zero attached hydrogens (tertiary/aromatic N) is 2. The van der Waals surface area contributed by atoms with Gasteiger partial charge in [-0.3, -0.25) is 4.90 Å². The van der Waals surface area contributed by atoms with E-state index >= 15 is 0 Å². The maximum absolute atomic E-state index is 8.94. The van der Waals surface area contributed by atoms with Gasteiger partial charge in [0.2, 0.25) is 0 Å². The smallest absolute Gasteiger partial charge is 0.119 e. The maximum Gasteiger partial charge on any atom is 0.119 e. The van der Waals surface area contributed by atoms with E-state index in [1.54, 1.807) is 0 Å². The minimum atomic E-state index is 0.0428. The molecule has 0 saturated carbocycles. The van der Waals surface area contributed by atoms with Gasteiger partial charge in [-0.1, -0.05) is 30.3 Å². The molecule has 0 radical (unpaired) electrons. The molecule has 27 heavy (non-hydrogen) atoms. The number of aliphatic hydroxyl groups is 1. The second-order valence-corrected chi connectivity index (χ2v) is 7.57. The molecule has 3 heterocycles. The van der Waals surface area contributed by atoms with Gasteiger partial charge in [0.25, 0.3) is 0 Å². The number of likely N-dealkylation sites (N-methyl/N-ethyl adjacent to an activating group) is 1. The largest absolute Gasteiger partial charge is 0.491 e. The van der Waals surface area contributed by atoms with Gasteiger partial charge < -0.3 is 14.7 Å². The Labute approximate surface area is 162 Å². The Morgan fingerprint density at radius 1 is 1.04 bits per heavy atom. The van der Waals surface area contributed by atoms with E-state index in [1.165, 1.54) is 37.2 Å². The Kier molecular flexibility index (Phi) is 5.65. The van der Waals surface area contributed by atoms with Crippen LogP contribution in [0.15, 0.2) is 54.6 Å². The number of hydrogen-bond donors (Lipinski definition) is 1. The zero-order valence-electron chi connectivity index (χ0n) is 16.1. The lowest BCUT2D eigenvalue weighted by Crippen LogP contribution is -2.59. The predicted octanol–water partition coefficient (Wildman–Crippen LogP) is 3.72. The Hall–Kier alpha value is -2.04. The van der Waals surface area contributed by atoms with Crippen molar-refractivity contribution in [3.05, 3.63) is 60.2 Å². The van der Waals surface area contributed by atoms with Gasteiger partial charge in [-0.05, 0) is 68.6 Å². The molecule has 144 valence electrons. The Morgan fingerprint density at radius 2 is 1.74 bits per heavy atom. The third-order valence-corrected chi connectivity index (χ3v) is 6.14. The first-order chi connectivity index (χ1) is 13.3. The van der Waals surface area contributed by atoms with Crippen LogP contribution in [0, 0.1) is 5.92 Å². The van der Waals surface area contributed by atoms with Gasteiger partial charge in [0.05, 0.1) is 18.7 Å². The summed E-state index contributed by atoms with van der Waals surface area (Å²) in [5.74, 6) is 1.56. The van der Waals surface area contributed by atoms with Crippen LogP contribution in [0.5, 0.6) is 5.75 Å². The Bertz CT molecular complexity index is 711. The zero-order valence-corrected chi connectivity index (χ0v) is 16.1. The monoisotopic (exact) mass is 366 g/mol. The molecule has 3 aliphatic rings. The number of rotatable bonds is 7. The van der Waals surface area contributed by atoms with E-state index in [9.17, 15) is 0 Å². The van der Waals surface area contributed by atoms with Gasteiger partial charge in [-0.15, -0.1) is 0 Å². The molecule has 2 aromatic carbocycles. The number of fused-ring (bicyclic) bond motifs is 3. The molecular weight excluding hydrogens is 336 g/mol. The highest BCUT2D eigenvalue weighted by molar-refractivity contribution is 5.51. The maximum atomic E-state index is 8.94. The topological polar surface area (TPSA) is 35.9 Å². The average molecular weight is 367 g/mol. The Balaban J connectivity index is 1.63. The van der Waals surface area contributed by atoms with E-state index in [4.69, 9.17) is 9.84 Å². The highest BCUT2D eigenvalue weighted by Gasteiger charge is 2.45. The van der Waals surface area contributed by atoms with Gasteiger partial charge in [-0.2, -0.15) is 0 Å². The van der Waals surface area contributed by atoms with Crippen molar-refractivity contribution < 1.29 is 9.84 Å². The van der Waals surface area contributed by atoms with Crippen LogP contribution in [-0.2, 0) is 0 Å². The van der Waals surface area contributed by atoms with Crippen molar-refractivity contribution in [2.24, 2.45) is 5.92 Å². The highest BCUT2D eigenvalue weighted by Crippen LogP contribution is 2.44. The summed E-state index contributed by atoms with van der Waals surface area (Å²) in [6, 6.07) is 20.4. The molecule has 2 aromatic rings. The summed E-state index contributed by atoms with van der Waals surface area (Å²) in [6.07, 6.45) is 2.59. The van der Waals surface area contributed by atoms with E-state index in [1.807, 2.05) is 12.1 Å². The van der Waals surface area contributed by atoms with Crippen LogP contribution in [-0.4, -0.2) is 48.9 Å². The molecule has 4 heteroatoms. The first kappa shape index (κ1) is 18.3. The summed E-state index contributed by atoms with van der Waals surface area (Å²) in [4.78, 5) is 5.27. The lowest BCUT2D eigenvalue weighted by Gasteiger charge is -2.55. The fourth-order valence-corrected chi connectivity index (χ4v) is 4.96. The van der Waals surface area contributed by atoms with Gasteiger partial charge in [0.15, 0.2) is 0 Å². The van der Waals surface area contributed by atoms with Crippen LogP contribution >= 0.6 is 0 Å². The summed E-state index contributed by atoms with van der Waals surface area (Å²) < 4.78 is 5.53. The van der Waals surface area contributed by atoms with Crippen LogP contribution < -0.4 is 9.64 Å². The molecule has 0 spiro atoms. The quantitative estimate of drug-likeness (QED) is 0.810. The molecule has 0 aromatic heterocycles. The van der Waals surface area contributed by atoms with Crippen LogP contribution in [0.3, 0.4) is 0 Å². The van der Waals surface area contributed by atoms with Crippen LogP contribution in [0.2, 0.25) is 0 Å². The van der Waals surface area contributed by atoms with E-state index in [2.05, 4.69) is 59.2 Å². The van der Waals surface area contributed by atoms with Crippen molar-refractivity contribution in [3.63, 3.8) is 0 Å². The Morgan fingerprint density at radius 3 is 2.37 bits per heavy atom. The fourth-order valence-electron chi connectivity index (χ4n) is 4.96. The number of hydrogen-bond acceptors (Lipinski definition) is 4. The van der Waals surface area contributed by atoms with Crippen LogP contribution in [0.1, 0.15) is 31.4 Å². The lowest BCUT2D eigenvalue weighted by molar-refractivity contribution is 0.0242. The molecule has 2 atom stereocenters. The van der Waals surface area contributed by atoms with Crippen molar-refractivity contribution >= 4 is 5.69 Å². The van der Waals surface area contributed by atoms with Crippen molar-refractivity contribution in [2.75, 3.05) is 37.7 Å². The van der Waals surface area contributed by atoms with E-state index in [-0.39, 0.29) is 6.61 Å². The average Bonchev–Trinajstić information content (AvgIpc) is 2.75. The van der Waals surface area contributed by atoms with Crippen LogP contribution in [0.25, 0.3) is 0 Å². The van der Waals surface area contributed by atoms with Crippen molar-refractivity contribution in [1.29, 1.82) is 0 Å². The van der Waals surface area contributed by atoms with Crippen molar-refractivity contribution in [2.45, 2.75) is 31.8 Å². The van der Waals surface area contributed by atoms with Crippen LogP contribution in [0.4, 0.5) is 5.69 Å². The number of aliphatic hydroxyl groups excluding tert-OH is 1. The number of ether oxygens (including phenoxy) is 1. The molecule has 2 bridgehead atoms. The second kappa shape index (κ2) is 8.32. The molecule has 3 fully saturated rings. The molecular formula is C23H30N2O2. The normalized spacial score (nSPS) is 26.7. The minimum absolute atomic E-state index is 0.0428. The molecule has 0 aliphatic carbocycles. The standard InChI is InChI=1S/C23H30N2O2/c1-2-25(20-8-10-21(11-9-20)27-17-16-26)23-19-12-14-24(15-13-19)22(23)18-6-4-3-5-7-18/h3-11,19,22-23,26H,2,12-17H2,1H3. The third kappa shape index (κ3) is 3.69. The van der Waals surface area contributed by atoms with E-state index in [0.717, 1.165) is 18.2 Å². The summed E-state index contributed by atoms with van der Waals surface area (Å²) in [7, 11) is 0. The van der Waals surface area contributed by atoms with Gasteiger partial charge in [-0.25, -0.2) is 0 Å². The molecule has 3 aliphatic heterocycles. The van der Waals surface area contributed by atoms with Gasteiger partial charge in [0.1, 0.15) is 12.4 Å². The number of benzene rings is 2. The SMILES string of the molecule is CCN(c1ccc(OCCO)cc1)C1C2CCN(CC2)C1c1ccccc1. The van der Waals surface area contributed by atoms with Gasteiger partial charge in [0, 0.05) is 12.2 Å². The van der Waals surface area contributed by atoms with E-state index in [0.29, 0.717) is 18.7 Å². The van der Waals surface area contributed by atoms with E-state index < -0.39 is 0 Å². The molecule has 2 unspecified atom stereocenters. The zero-order chi connectivity index (χ0) is 18.6. The fraction of sp³-hybridized carbons (Fsp3) is 0.478. The predicted molar refractivity (Wildman–Crippen MR) is 109 cm³/mol. The summed E-state index contributed by atoms with van der Waals surface area (Å²) in [5.41, 5.74) is 2.70. The molecule has 4 nitrogen and oxygen atoms in total. The van der Waals surface area contributed by atoms with Crippen molar-refractivity contribution in [1.82, 2.24) is 4.90 Å². The summed E-state index contributed by atoms with van der Waals surface area (Å²) in [6.45, 7) is 6.07. The molecule has 0 amide bonds. The second-order valence-electron chi connectivity index (χ2n) is 7.57. The summed E-state index contributed by atoms with van der Waals surface area (Å²) >= 11 is 0. The first-order valence-electron chi connectivity index (χ1n) is 10.2. The number of anilines is 1. The number of piperidine rings is 3. The summed E-state index contributed by atoms with van der Waals surface area (Å²) in [5, 5.41) is 8.94. The minimum Gasteiger partial charge on any atom is -0.491 e. The molecule has 1 N–H and O–H groups in total. The third-order valence-electron chi connectivity index (χ3n) is 6.14. The highest BCUT2D eigenvalue weighted by atomic mass is 16.5. The first-order valence-corrected chi connectivity index (χ1v) is 10.2. The van der Waals surface area contributed by atoms with Crippen molar-refractivity contribution in [3.8, 4) is 5.75 Å².